The van der Waals surface area contributed by atoms with Crippen molar-refractivity contribution in [3.8, 4) is 34.1 Å². The van der Waals surface area contributed by atoms with Crippen molar-refractivity contribution >= 4 is 21.8 Å². The summed E-state index contributed by atoms with van der Waals surface area (Å²) in [5.74, 6) is 1.13. The first-order chi connectivity index (χ1) is 21.2. The Hall–Kier alpha value is -5.23. The largest absolute Gasteiger partial charge is 0.457 e. The minimum Gasteiger partial charge on any atom is -0.457 e. The van der Waals surface area contributed by atoms with Gasteiger partial charge in [-0.1, -0.05) is 48.0 Å². The molecule has 0 N–H and O–H groups in total. The van der Waals surface area contributed by atoms with Crippen molar-refractivity contribution in [2.24, 2.45) is 0 Å². The van der Waals surface area contributed by atoms with E-state index in [1.165, 1.54) is 18.3 Å². The van der Waals surface area contributed by atoms with Crippen molar-refractivity contribution in [2.45, 2.75) is 20.7 Å². The average molecular weight is 542 g/mol. The molecule has 200 valence electrons. The summed E-state index contributed by atoms with van der Waals surface area (Å²) in [7, 11) is 0. The van der Waals surface area contributed by atoms with Gasteiger partial charge >= 0.3 is 0 Å². The smallest absolute Gasteiger partial charge is 0.140 e. The molecular formula is C35H27FN4O. The van der Waals surface area contributed by atoms with Crippen molar-refractivity contribution in [3.05, 3.63) is 132 Å². The van der Waals surface area contributed by atoms with E-state index in [-0.39, 0.29) is 5.56 Å². The molecule has 0 bridgehead atoms. The standard InChI is InChI=1S/C35H27FN4O/c1-22-12-15-32-31(18-22)30-14-13-29(21-33(30)39(32)34-19-26(36)16-17-37-34)41-28-11-7-10-27(20-28)40-24(3)35(23(2)38-40)25-8-5-4-6-9-25/h4-21H,1-3H3/i1D3. The molecule has 41 heavy (non-hydrogen) atoms. The lowest BCUT2D eigenvalue weighted by atomic mass is 10.0. The topological polar surface area (TPSA) is 44.9 Å². The number of hydrogen-bond donors (Lipinski definition) is 0. The fraction of sp³-hybridized carbons (Fsp3) is 0.0857. The van der Waals surface area contributed by atoms with E-state index in [1.54, 1.807) is 18.2 Å². The predicted molar refractivity (Wildman–Crippen MR) is 162 cm³/mol. The molecule has 0 aliphatic carbocycles. The Bertz CT molecular complexity index is 2180. The molecule has 0 aliphatic heterocycles. The summed E-state index contributed by atoms with van der Waals surface area (Å²) in [4.78, 5) is 4.41. The van der Waals surface area contributed by atoms with E-state index in [4.69, 9.17) is 13.9 Å². The molecule has 0 aliphatic rings. The summed E-state index contributed by atoms with van der Waals surface area (Å²) in [6.07, 6.45) is 1.41. The van der Waals surface area contributed by atoms with Crippen LogP contribution in [0, 0.1) is 26.5 Å². The molecule has 0 radical (unpaired) electrons. The molecule has 6 heteroatoms. The van der Waals surface area contributed by atoms with E-state index >= 15 is 0 Å². The van der Waals surface area contributed by atoms with Gasteiger partial charge in [-0.3, -0.25) is 4.57 Å². The molecule has 0 fully saturated rings. The Balaban J connectivity index is 1.31. The van der Waals surface area contributed by atoms with Gasteiger partial charge in [0.15, 0.2) is 0 Å². The van der Waals surface area contributed by atoms with Gasteiger partial charge in [0.25, 0.3) is 0 Å². The highest BCUT2D eigenvalue weighted by atomic mass is 19.1. The van der Waals surface area contributed by atoms with Crippen molar-refractivity contribution in [2.75, 3.05) is 0 Å². The summed E-state index contributed by atoms with van der Waals surface area (Å²) in [6.45, 7) is 1.80. The van der Waals surface area contributed by atoms with Gasteiger partial charge in [0.1, 0.15) is 23.1 Å². The first-order valence-corrected chi connectivity index (χ1v) is 13.3. The average Bonchev–Trinajstić information content (AvgIpc) is 3.49. The molecular weight excluding hydrogens is 511 g/mol. The van der Waals surface area contributed by atoms with Crippen LogP contribution in [0.5, 0.6) is 11.5 Å². The third-order valence-electron chi connectivity index (χ3n) is 7.33. The van der Waals surface area contributed by atoms with Crippen molar-refractivity contribution in [1.82, 2.24) is 19.3 Å². The number of hydrogen-bond acceptors (Lipinski definition) is 3. The molecule has 7 rings (SSSR count). The molecule has 0 saturated heterocycles. The van der Waals surface area contributed by atoms with Crippen LogP contribution in [0.25, 0.3) is 44.4 Å². The number of benzene rings is 4. The molecule has 4 aromatic carbocycles. The number of fused-ring (bicyclic) bond motifs is 3. The molecule has 0 unspecified atom stereocenters. The molecule has 0 amide bonds. The van der Waals surface area contributed by atoms with Gasteiger partial charge in [-0.05, 0) is 68.7 Å². The van der Waals surface area contributed by atoms with Crippen molar-refractivity contribution in [1.29, 1.82) is 0 Å². The SMILES string of the molecule is [2H]C([2H])([2H])c1ccc2c(c1)c1ccc(Oc3cccc(-n4nc(C)c(-c5ccccc5)c4C)c3)cc1n2-c1cc(F)ccn1. The van der Waals surface area contributed by atoms with Gasteiger partial charge in [0, 0.05) is 50.5 Å². The van der Waals surface area contributed by atoms with Gasteiger partial charge in [-0.25, -0.2) is 14.1 Å². The van der Waals surface area contributed by atoms with E-state index in [9.17, 15) is 4.39 Å². The number of halogens is 1. The number of ether oxygens (including phenoxy) is 1. The van der Waals surface area contributed by atoms with Crippen LogP contribution in [0.15, 0.2) is 109 Å². The molecule has 3 heterocycles. The van der Waals surface area contributed by atoms with E-state index in [2.05, 4.69) is 24.0 Å². The lowest BCUT2D eigenvalue weighted by Crippen LogP contribution is -1.99. The van der Waals surface area contributed by atoms with Crippen LogP contribution >= 0.6 is 0 Å². The summed E-state index contributed by atoms with van der Waals surface area (Å²) < 4.78 is 48.1. The number of nitrogens with zero attached hydrogens (tertiary/aromatic N) is 4. The third kappa shape index (κ3) is 4.34. The zero-order chi connectivity index (χ0) is 30.6. The predicted octanol–water partition coefficient (Wildman–Crippen LogP) is 8.89. The molecule has 7 aromatic rings. The second-order valence-corrected chi connectivity index (χ2v) is 10.0. The molecule has 3 aromatic heterocycles. The summed E-state index contributed by atoms with van der Waals surface area (Å²) >= 11 is 0. The number of rotatable bonds is 5. The van der Waals surface area contributed by atoms with Gasteiger partial charge < -0.3 is 4.74 Å². The van der Waals surface area contributed by atoms with Crippen molar-refractivity contribution in [3.63, 3.8) is 0 Å². The number of aryl methyl sites for hydroxylation is 2. The maximum absolute atomic E-state index is 14.3. The van der Waals surface area contributed by atoms with E-state index in [0.717, 1.165) is 39.0 Å². The normalized spacial score (nSPS) is 12.8. The van der Waals surface area contributed by atoms with Crippen LogP contribution in [-0.2, 0) is 0 Å². The fourth-order valence-electron chi connectivity index (χ4n) is 5.56. The minimum atomic E-state index is -2.26. The minimum absolute atomic E-state index is 0.230. The van der Waals surface area contributed by atoms with Gasteiger partial charge in [0.2, 0.25) is 0 Å². The maximum Gasteiger partial charge on any atom is 0.140 e. The zero-order valence-corrected chi connectivity index (χ0v) is 22.5. The molecule has 0 atom stereocenters. The van der Waals surface area contributed by atoms with Crippen LogP contribution in [0.4, 0.5) is 4.39 Å². The summed E-state index contributed by atoms with van der Waals surface area (Å²) in [5, 5.41) is 6.36. The van der Waals surface area contributed by atoms with E-state index in [1.807, 2.05) is 76.8 Å². The summed E-state index contributed by atoms with van der Waals surface area (Å²) in [5.41, 5.74) is 6.69. The summed E-state index contributed by atoms with van der Waals surface area (Å²) in [6, 6.07) is 31.2. The number of pyridine rings is 1. The first kappa shape index (κ1) is 21.6. The van der Waals surface area contributed by atoms with Crippen LogP contribution < -0.4 is 4.74 Å². The molecule has 0 saturated carbocycles. The lowest BCUT2D eigenvalue weighted by molar-refractivity contribution is 0.482. The number of aromatic nitrogens is 4. The lowest BCUT2D eigenvalue weighted by Gasteiger charge is -2.11. The highest BCUT2D eigenvalue weighted by molar-refractivity contribution is 6.09. The highest BCUT2D eigenvalue weighted by Gasteiger charge is 2.17. The highest BCUT2D eigenvalue weighted by Crippen LogP contribution is 2.36. The Kier molecular flexibility index (Phi) is 5.13. The van der Waals surface area contributed by atoms with Crippen LogP contribution in [0.2, 0.25) is 0 Å². The second-order valence-electron chi connectivity index (χ2n) is 10.0. The molecule has 5 nitrogen and oxygen atoms in total. The Morgan fingerprint density at radius 1 is 0.780 bits per heavy atom. The third-order valence-corrected chi connectivity index (χ3v) is 7.33. The Morgan fingerprint density at radius 3 is 2.46 bits per heavy atom. The van der Waals surface area contributed by atoms with E-state index < -0.39 is 12.7 Å². The van der Waals surface area contributed by atoms with Gasteiger partial charge in [-0.2, -0.15) is 5.10 Å². The zero-order valence-electron chi connectivity index (χ0n) is 25.5. The van der Waals surface area contributed by atoms with Gasteiger partial charge in [-0.15, -0.1) is 0 Å². The van der Waals surface area contributed by atoms with Crippen molar-refractivity contribution < 1.29 is 13.2 Å². The van der Waals surface area contributed by atoms with Crippen LogP contribution in [0.3, 0.4) is 0 Å². The monoisotopic (exact) mass is 541 g/mol. The van der Waals surface area contributed by atoms with Gasteiger partial charge in [0.05, 0.1) is 22.4 Å². The van der Waals surface area contributed by atoms with E-state index in [0.29, 0.717) is 28.4 Å². The Labute approximate surface area is 241 Å². The fourth-order valence-corrected chi connectivity index (χ4v) is 5.56. The Morgan fingerprint density at radius 2 is 1.63 bits per heavy atom. The quantitative estimate of drug-likeness (QED) is 0.219. The molecule has 0 spiro atoms. The van der Waals surface area contributed by atoms with Crippen LogP contribution in [0.1, 0.15) is 21.1 Å². The second kappa shape index (κ2) is 9.75. The van der Waals surface area contributed by atoms with Crippen LogP contribution in [-0.4, -0.2) is 19.3 Å². The maximum atomic E-state index is 14.3. The first-order valence-electron chi connectivity index (χ1n) is 14.8.